The molecule has 0 spiro atoms. The standard InChI is InChI=1S/C14H19BrFN3O3.CH4O/c1-17(5-6-22-2)10-3-4-18(9-10)13-8-12(16)11(15)7-14(13)19(20)21;1-2/h7-8,10H,3-6,9H2,1-2H3;2H,1H3. The minimum atomic E-state index is -0.489. The van der Waals surface area contributed by atoms with E-state index in [1.54, 1.807) is 7.11 Å². The van der Waals surface area contributed by atoms with Crippen LogP contribution in [0.3, 0.4) is 0 Å². The molecule has 24 heavy (non-hydrogen) atoms. The number of methoxy groups -OCH3 is 1. The number of anilines is 1. The number of nitrogens with zero attached hydrogens (tertiary/aromatic N) is 3. The maximum atomic E-state index is 13.8. The Morgan fingerprint density at radius 3 is 2.79 bits per heavy atom. The Kier molecular flexibility index (Phi) is 8.54. The normalized spacial score (nSPS) is 17.0. The Hall–Kier alpha value is -1.29. The zero-order chi connectivity index (χ0) is 18.3. The van der Waals surface area contributed by atoms with Crippen LogP contribution in [0.4, 0.5) is 15.8 Å². The van der Waals surface area contributed by atoms with E-state index in [-0.39, 0.29) is 16.2 Å². The van der Waals surface area contributed by atoms with Crippen LogP contribution in [0.5, 0.6) is 0 Å². The molecule has 0 amide bonds. The van der Waals surface area contributed by atoms with Gasteiger partial charge in [0, 0.05) is 52.0 Å². The molecule has 1 aromatic carbocycles. The second kappa shape index (κ2) is 9.87. The van der Waals surface area contributed by atoms with Crippen LogP contribution in [-0.4, -0.2) is 68.5 Å². The third-order valence-corrected chi connectivity index (χ3v) is 4.60. The van der Waals surface area contributed by atoms with Gasteiger partial charge in [-0.1, -0.05) is 0 Å². The van der Waals surface area contributed by atoms with Crippen LogP contribution in [0.25, 0.3) is 0 Å². The molecule has 1 fully saturated rings. The second-order valence-electron chi connectivity index (χ2n) is 5.37. The number of benzene rings is 1. The van der Waals surface area contributed by atoms with Gasteiger partial charge in [-0.15, -0.1) is 0 Å². The fraction of sp³-hybridized carbons (Fsp3) is 0.600. The predicted octanol–water partition coefficient (Wildman–Crippen LogP) is 2.26. The van der Waals surface area contributed by atoms with Gasteiger partial charge in [-0.3, -0.25) is 15.0 Å². The minimum Gasteiger partial charge on any atom is -0.400 e. The van der Waals surface area contributed by atoms with Crippen molar-refractivity contribution in [3.8, 4) is 0 Å². The second-order valence-corrected chi connectivity index (χ2v) is 6.23. The monoisotopic (exact) mass is 407 g/mol. The lowest BCUT2D eigenvalue weighted by atomic mass is 10.2. The maximum absolute atomic E-state index is 13.8. The van der Waals surface area contributed by atoms with Crippen molar-refractivity contribution in [1.82, 2.24) is 4.90 Å². The van der Waals surface area contributed by atoms with Crippen molar-refractivity contribution in [3.05, 3.63) is 32.5 Å². The van der Waals surface area contributed by atoms with Crippen molar-refractivity contribution < 1.29 is 19.2 Å². The fourth-order valence-electron chi connectivity index (χ4n) is 2.66. The van der Waals surface area contributed by atoms with E-state index in [0.717, 1.165) is 20.1 Å². The molecule has 7 nitrogen and oxygen atoms in total. The summed E-state index contributed by atoms with van der Waals surface area (Å²) in [7, 11) is 4.66. The molecule has 1 atom stereocenters. The van der Waals surface area contributed by atoms with Crippen LogP contribution >= 0.6 is 15.9 Å². The minimum absolute atomic E-state index is 0.0755. The van der Waals surface area contributed by atoms with Gasteiger partial charge in [0.25, 0.3) is 5.69 Å². The molecular formula is C15H23BrFN3O4. The number of ether oxygens (including phenoxy) is 1. The van der Waals surface area contributed by atoms with Gasteiger partial charge in [-0.25, -0.2) is 4.39 Å². The maximum Gasteiger partial charge on any atom is 0.293 e. The van der Waals surface area contributed by atoms with E-state index in [1.165, 1.54) is 12.1 Å². The molecule has 1 aliphatic rings. The van der Waals surface area contributed by atoms with Crippen molar-refractivity contribution in [2.75, 3.05) is 52.4 Å². The van der Waals surface area contributed by atoms with E-state index in [4.69, 9.17) is 9.84 Å². The molecule has 1 unspecified atom stereocenters. The highest BCUT2D eigenvalue weighted by atomic mass is 79.9. The lowest BCUT2D eigenvalue weighted by Crippen LogP contribution is -2.36. The molecule has 0 radical (unpaired) electrons. The number of aliphatic hydroxyl groups is 1. The predicted molar refractivity (Wildman–Crippen MR) is 94.0 cm³/mol. The number of aliphatic hydroxyl groups excluding tert-OH is 1. The van der Waals surface area contributed by atoms with Crippen LogP contribution in [0, 0.1) is 15.9 Å². The Labute approximate surface area is 149 Å². The zero-order valence-corrected chi connectivity index (χ0v) is 15.6. The first kappa shape index (κ1) is 20.8. The van der Waals surface area contributed by atoms with Gasteiger partial charge in [0.15, 0.2) is 0 Å². The van der Waals surface area contributed by atoms with E-state index < -0.39 is 10.7 Å². The van der Waals surface area contributed by atoms with Crippen LogP contribution in [0.15, 0.2) is 16.6 Å². The smallest absolute Gasteiger partial charge is 0.293 e. The first-order valence-electron chi connectivity index (χ1n) is 7.46. The topological polar surface area (TPSA) is 79.1 Å². The fourth-order valence-corrected chi connectivity index (χ4v) is 2.99. The Bertz CT molecular complexity index is 562. The van der Waals surface area contributed by atoms with Crippen molar-refractivity contribution in [2.24, 2.45) is 0 Å². The third kappa shape index (κ3) is 5.10. The molecule has 2 rings (SSSR count). The molecule has 1 saturated heterocycles. The van der Waals surface area contributed by atoms with E-state index in [2.05, 4.69) is 20.8 Å². The SMILES string of the molecule is CO.COCCN(C)C1CCN(c2cc(F)c(Br)cc2[N+](=O)[O-])C1. The van der Waals surface area contributed by atoms with Gasteiger partial charge in [0.1, 0.15) is 11.5 Å². The van der Waals surface area contributed by atoms with Crippen molar-refractivity contribution in [1.29, 1.82) is 0 Å². The molecule has 0 aliphatic carbocycles. The summed E-state index contributed by atoms with van der Waals surface area (Å²) in [6.45, 7) is 2.75. The van der Waals surface area contributed by atoms with E-state index in [0.29, 0.717) is 25.4 Å². The average Bonchev–Trinajstić information content (AvgIpc) is 3.06. The summed E-state index contributed by atoms with van der Waals surface area (Å²) in [6, 6.07) is 2.74. The first-order chi connectivity index (χ1) is 11.4. The molecule has 9 heteroatoms. The van der Waals surface area contributed by atoms with Gasteiger partial charge < -0.3 is 14.7 Å². The molecule has 1 aromatic rings. The highest BCUT2D eigenvalue weighted by Crippen LogP contribution is 2.35. The molecule has 0 saturated carbocycles. The van der Waals surface area contributed by atoms with Gasteiger partial charge in [-0.05, 0) is 29.4 Å². The largest absolute Gasteiger partial charge is 0.400 e. The summed E-state index contributed by atoms with van der Waals surface area (Å²) in [4.78, 5) is 14.8. The molecule has 0 aromatic heterocycles. The quantitative estimate of drug-likeness (QED) is 0.575. The molecule has 1 heterocycles. The molecule has 136 valence electrons. The summed E-state index contributed by atoms with van der Waals surface area (Å²) >= 11 is 3.00. The Morgan fingerprint density at radius 2 is 2.21 bits per heavy atom. The van der Waals surface area contributed by atoms with Crippen molar-refractivity contribution in [2.45, 2.75) is 12.5 Å². The Balaban J connectivity index is 0.00000139. The number of likely N-dealkylation sites (N-methyl/N-ethyl adjacent to an activating group) is 1. The molecule has 1 N–H and O–H groups in total. The molecule has 1 aliphatic heterocycles. The summed E-state index contributed by atoms with van der Waals surface area (Å²) in [5.74, 6) is -0.489. The number of nitro groups is 1. The lowest BCUT2D eigenvalue weighted by molar-refractivity contribution is -0.384. The number of halogens is 2. The van der Waals surface area contributed by atoms with E-state index >= 15 is 0 Å². The summed E-state index contributed by atoms with van der Waals surface area (Å²) in [5.41, 5.74) is 0.266. The zero-order valence-electron chi connectivity index (χ0n) is 14.0. The average molecular weight is 408 g/mol. The highest BCUT2D eigenvalue weighted by Gasteiger charge is 2.30. The molecular weight excluding hydrogens is 385 g/mol. The van der Waals surface area contributed by atoms with Crippen molar-refractivity contribution in [3.63, 3.8) is 0 Å². The number of nitro benzene ring substituents is 1. The number of hydrogen-bond donors (Lipinski definition) is 1. The van der Waals surface area contributed by atoms with Gasteiger partial charge >= 0.3 is 0 Å². The van der Waals surface area contributed by atoms with Crippen LogP contribution in [0.2, 0.25) is 0 Å². The summed E-state index contributed by atoms with van der Waals surface area (Å²) < 4.78 is 18.9. The van der Waals surface area contributed by atoms with E-state index in [1.807, 2.05) is 11.9 Å². The van der Waals surface area contributed by atoms with Crippen LogP contribution in [0.1, 0.15) is 6.42 Å². The molecule has 0 bridgehead atoms. The number of hydrogen-bond acceptors (Lipinski definition) is 6. The van der Waals surface area contributed by atoms with Gasteiger partial charge in [-0.2, -0.15) is 0 Å². The van der Waals surface area contributed by atoms with Crippen LogP contribution in [-0.2, 0) is 4.74 Å². The Morgan fingerprint density at radius 1 is 1.54 bits per heavy atom. The third-order valence-electron chi connectivity index (χ3n) is 3.99. The van der Waals surface area contributed by atoms with Crippen molar-refractivity contribution >= 4 is 27.3 Å². The summed E-state index contributed by atoms with van der Waals surface area (Å²) in [6.07, 6.45) is 0.884. The lowest BCUT2D eigenvalue weighted by Gasteiger charge is -2.25. The summed E-state index contributed by atoms with van der Waals surface area (Å²) in [5, 5.41) is 18.2. The van der Waals surface area contributed by atoms with Gasteiger partial charge in [0.2, 0.25) is 0 Å². The highest BCUT2D eigenvalue weighted by molar-refractivity contribution is 9.10. The van der Waals surface area contributed by atoms with Gasteiger partial charge in [0.05, 0.1) is 16.0 Å². The van der Waals surface area contributed by atoms with E-state index in [9.17, 15) is 14.5 Å². The number of rotatable bonds is 6. The van der Waals surface area contributed by atoms with Crippen LogP contribution < -0.4 is 4.90 Å². The first-order valence-corrected chi connectivity index (χ1v) is 8.25.